The number of phenolic OH excluding ortho intramolecular Hbond substituents is 2. The molecule has 0 bridgehead atoms. The smallest absolute Gasteiger partial charge is 0.342 e. The van der Waals surface area contributed by atoms with E-state index in [1.54, 1.807) is 24.3 Å². The summed E-state index contributed by atoms with van der Waals surface area (Å²) in [5.41, 5.74) is -0.0535. The Hall–Kier alpha value is -3.43. The van der Waals surface area contributed by atoms with Gasteiger partial charge < -0.3 is 24.8 Å². The van der Waals surface area contributed by atoms with Crippen molar-refractivity contribution in [2.45, 2.75) is 6.10 Å². The number of carbonyl (C=O) groups is 1. The van der Waals surface area contributed by atoms with Crippen LogP contribution in [0.25, 0.3) is 10.8 Å². The number of carbonyl (C=O) groups excluding carboxylic acids is 1. The summed E-state index contributed by atoms with van der Waals surface area (Å²) < 4.78 is 10.3. The molecule has 0 aliphatic rings. The molecule has 3 aromatic rings. The highest BCUT2D eigenvalue weighted by Gasteiger charge is 2.16. The molecule has 0 aliphatic heterocycles. The molecule has 1 atom stereocenters. The van der Waals surface area contributed by atoms with Crippen molar-refractivity contribution in [3.8, 4) is 17.2 Å². The zero-order chi connectivity index (χ0) is 18.5. The van der Waals surface area contributed by atoms with Gasteiger partial charge in [-0.1, -0.05) is 12.1 Å². The Kier molecular flexibility index (Phi) is 5.11. The van der Waals surface area contributed by atoms with Crippen LogP contribution in [0.3, 0.4) is 0 Å². The van der Waals surface area contributed by atoms with E-state index in [0.29, 0.717) is 16.5 Å². The Bertz CT molecular complexity index is 907. The number of rotatable bonds is 6. The van der Waals surface area contributed by atoms with Gasteiger partial charge >= 0.3 is 5.97 Å². The summed E-state index contributed by atoms with van der Waals surface area (Å²) in [4.78, 5) is 12.2. The maximum Gasteiger partial charge on any atom is 0.342 e. The lowest BCUT2D eigenvalue weighted by Gasteiger charge is -2.13. The van der Waals surface area contributed by atoms with Crippen LogP contribution < -0.4 is 4.74 Å². The topological polar surface area (TPSA) is 96.2 Å². The lowest BCUT2D eigenvalue weighted by atomic mass is 10.1. The van der Waals surface area contributed by atoms with E-state index < -0.39 is 12.1 Å². The molecule has 1 unspecified atom stereocenters. The minimum absolute atomic E-state index is 0.0463. The first-order valence-electron chi connectivity index (χ1n) is 7.85. The van der Waals surface area contributed by atoms with Gasteiger partial charge in [0.25, 0.3) is 0 Å². The third kappa shape index (κ3) is 4.15. The molecule has 0 aliphatic carbocycles. The molecule has 6 nitrogen and oxygen atoms in total. The normalized spacial score (nSPS) is 11.6. The average molecular weight is 352 g/mol. The van der Waals surface area contributed by atoms with Gasteiger partial charge in [0.05, 0.1) is 0 Å². The molecule has 0 saturated carbocycles. The van der Waals surface area contributed by atoms with Crippen molar-refractivity contribution in [3.63, 3.8) is 0 Å². The van der Waals surface area contributed by atoms with E-state index in [4.69, 9.17) is 9.47 Å². The van der Waals surface area contributed by atoms with Crippen LogP contribution in [0.1, 0.15) is 10.4 Å². The van der Waals surface area contributed by atoms with Gasteiger partial charge in [0.1, 0.15) is 36.4 Å². The lowest BCUT2D eigenvalue weighted by Crippen LogP contribution is -2.25. The van der Waals surface area contributed by atoms with Crippen LogP contribution in [0.4, 0.5) is 0 Å². The first-order valence-corrected chi connectivity index (χ1v) is 7.85. The third-order valence-electron chi connectivity index (χ3n) is 3.62. The molecule has 6 heteroatoms. The summed E-state index contributed by atoms with van der Waals surface area (Å²) in [5, 5.41) is 30.6. The number of hydrogen-bond donors (Lipinski definition) is 3. The van der Waals surface area contributed by atoms with Gasteiger partial charge in [0.15, 0.2) is 5.75 Å². The standard InChI is InChI=1S/C20H16O6/c21-15-7-6-13-10-19(23)18(9-14(13)8-15)20(24)26-12-16(22)11-25-17-4-2-1-3-5-17/h1-2,4,6-10,16,21-23H,11-12H2. The Balaban J connectivity index is 1.60. The SMILES string of the molecule is O=C(OCC(O)COc1c#cccc1)c1cc2cc(O)ccc2cc1O. The summed E-state index contributed by atoms with van der Waals surface area (Å²) in [7, 11) is 0. The van der Waals surface area contributed by atoms with Crippen LogP contribution in [-0.4, -0.2) is 40.6 Å². The van der Waals surface area contributed by atoms with Crippen LogP contribution in [-0.2, 0) is 4.74 Å². The summed E-state index contributed by atoms with van der Waals surface area (Å²) >= 11 is 0. The summed E-state index contributed by atoms with van der Waals surface area (Å²) in [6.07, 6.45) is -1.04. The largest absolute Gasteiger partial charge is 0.508 e. The number of aromatic hydroxyl groups is 2. The maximum absolute atomic E-state index is 12.2. The minimum atomic E-state index is -1.04. The second kappa shape index (κ2) is 7.64. The zero-order valence-corrected chi connectivity index (χ0v) is 13.7. The molecule has 3 aromatic carbocycles. The number of esters is 1. The molecule has 3 rings (SSSR count). The monoisotopic (exact) mass is 352 g/mol. The summed E-state index contributed by atoms with van der Waals surface area (Å²) in [5.74, 6) is -0.561. The van der Waals surface area contributed by atoms with Crippen LogP contribution in [0.15, 0.2) is 48.5 Å². The van der Waals surface area contributed by atoms with E-state index in [2.05, 4.69) is 12.1 Å². The van der Waals surface area contributed by atoms with Gasteiger partial charge in [0, 0.05) is 0 Å². The van der Waals surface area contributed by atoms with Crippen molar-refractivity contribution < 1.29 is 29.6 Å². The van der Waals surface area contributed by atoms with Crippen LogP contribution in [0.5, 0.6) is 17.2 Å². The number of hydrogen-bond acceptors (Lipinski definition) is 6. The molecular weight excluding hydrogens is 336 g/mol. The molecule has 0 saturated heterocycles. The van der Waals surface area contributed by atoms with Crippen molar-refractivity contribution in [1.29, 1.82) is 0 Å². The highest BCUT2D eigenvalue weighted by atomic mass is 16.5. The van der Waals surface area contributed by atoms with E-state index in [9.17, 15) is 20.1 Å². The number of ether oxygens (including phenoxy) is 2. The van der Waals surface area contributed by atoms with Crippen molar-refractivity contribution in [2.24, 2.45) is 0 Å². The lowest BCUT2D eigenvalue weighted by molar-refractivity contribution is 0.0128. The molecule has 0 spiro atoms. The molecule has 0 fully saturated rings. The summed E-state index contributed by atoms with van der Waals surface area (Å²) in [6.45, 7) is -0.383. The first-order chi connectivity index (χ1) is 12.5. The second-order valence-corrected chi connectivity index (χ2v) is 5.62. The van der Waals surface area contributed by atoms with Gasteiger partial charge in [-0.25, -0.2) is 4.79 Å². The van der Waals surface area contributed by atoms with E-state index in [0.717, 1.165) is 0 Å². The Morgan fingerprint density at radius 2 is 1.92 bits per heavy atom. The molecule has 26 heavy (non-hydrogen) atoms. The molecule has 0 radical (unpaired) electrons. The second-order valence-electron chi connectivity index (χ2n) is 5.62. The number of aliphatic hydroxyl groups is 1. The Morgan fingerprint density at radius 3 is 2.69 bits per heavy atom. The van der Waals surface area contributed by atoms with Gasteiger partial charge in [-0.05, 0) is 59.3 Å². The number of benzene rings is 2. The molecular formula is C20H16O6. The van der Waals surface area contributed by atoms with E-state index in [1.165, 1.54) is 24.3 Å². The zero-order valence-electron chi connectivity index (χ0n) is 13.7. The van der Waals surface area contributed by atoms with E-state index >= 15 is 0 Å². The van der Waals surface area contributed by atoms with Crippen LogP contribution >= 0.6 is 0 Å². The van der Waals surface area contributed by atoms with Gasteiger partial charge in [0.2, 0.25) is 0 Å². The molecule has 132 valence electrons. The fraction of sp³-hybridized carbons (Fsp3) is 0.150. The average Bonchev–Trinajstić information content (AvgIpc) is 2.65. The molecule has 0 amide bonds. The third-order valence-corrected chi connectivity index (χ3v) is 3.62. The van der Waals surface area contributed by atoms with E-state index in [1.807, 2.05) is 0 Å². The minimum Gasteiger partial charge on any atom is -0.508 e. The van der Waals surface area contributed by atoms with Gasteiger partial charge in [-0.2, -0.15) is 0 Å². The fourth-order valence-corrected chi connectivity index (χ4v) is 2.34. The van der Waals surface area contributed by atoms with Crippen molar-refractivity contribution in [1.82, 2.24) is 0 Å². The predicted octanol–water partition coefficient (Wildman–Crippen LogP) is 2.45. The van der Waals surface area contributed by atoms with Crippen molar-refractivity contribution in [2.75, 3.05) is 13.2 Å². The Labute approximate surface area is 149 Å². The fourth-order valence-electron chi connectivity index (χ4n) is 2.34. The summed E-state index contributed by atoms with van der Waals surface area (Å²) in [6, 6.07) is 17.9. The number of aliphatic hydroxyl groups excluding tert-OH is 1. The van der Waals surface area contributed by atoms with Crippen molar-refractivity contribution >= 4 is 16.7 Å². The number of phenols is 2. The number of fused-ring (bicyclic) bond motifs is 1. The van der Waals surface area contributed by atoms with Crippen molar-refractivity contribution in [3.05, 3.63) is 66.2 Å². The van der Waals surface area contributed by atoms with Gasteiger partial charge in [-0.3, -0.25) is 0 Å². The molecule has 0 heterocycles. The highest BCUT2D eigenvalue weighted by molar-refractivity contribution is 5.98. The van der Waals surface area contributed by atoms with Gasteiger partial charge in [-0.15, -0.1) is 0 Å². The first kappa shape index (κ1) is 17.4. The van der Waals surface area contributed by atoms with Crippen LogP contribution in [0.2, 0.25) is 0 Å². The molecule has 3 N–H and O–H groups in total. The Morgan fingerprint density at radius 1 is 1.08 bits per heavy atom. The predicted molar refractivity (Wildman–Crippen MR) is 93.2 cm³/mol. The maximum atomic E-state index is 12.2. The highest BCUT2D eigenvalue weighted by Crippen LogP contribution is 2.28. The van der Waals surface area contributed by atoms with E-state index in [-0.39, 0.29) is 30.3 Å². The quantitative estimate of drug-likeness (QED) is 0.590. The molecule has 0 aromatic heterocycles. The van der Waals surface area contributed by atoms with Crippen LogP contribution in [0, 0.1) is 12.1 Å².